The SMILES string of the molecule is CCCCOCCOc1ncc(CNC)c(C)n1. The number of aryl methyl sites for hydroxylation is 1. The maximum Gasteiger partial charge on any atom is 0.316 e. The summed E-state index contributed by atoms with van der Waals surface area (Å²) in [7, 11) is 1.90. The zero-order valence-electron chi connectivity index (χ0n) is 11.5. The van der Waals surface area contributed by atoms with E-state index in [4.69, 9.17) is 9.47 Å². The summed E-state index contributed by atoms with van der Waals surface area (Å²) in [6, 6.07) is 0.423. The molecule has 1 N–H and O–H groups in total. The van der Waals surface area contributed by atoms with Gasteiger partial charge in [-0.15, -0.1) is 0 Å². The molecule has 0 aliphatic carbocycles. The van der Waals surface area contributed by atoms with Gasteiger partial charge in [0.1, 0.15) is 6.61 Å². The monoisotopic (exact) mass is 253 g/mol. The predicted octanol–water partition coefficient (Wildman–Crippen LogP) is 1.70. The van der Waals surface area contributed by atoms with Gasteiger partial charge in [-0.2, -0.15) is 0 Å². The molecule has 0 radical (unpaired) electrons. The zero-order chi connectivity index (χ0) is 13.2. The lowest BCUT2D eigenvalue weighted by Gasteiger charge is -2.08. The Morgan fingerprint density at radius 1 is 1.28 bits per heavy atom. The molecule has 0 atom stereocenters. The highest BCUT2D eigenvalue weighted by Crippen LogP contribution is 2.08. The Morgan fingerprint density at radius 2 is 2.11 bits per heavy atom. The van der Waals surface area contributed by atoms with Crippen LogP contribution in [0.3, 0.4) is 0 Å². The summed E-state index contributed by atoms with van der Waals surface area (Å²) in [6.07, 6.45) is 4.04. The first-order valence-corrected chi connectivity index (χ1v) is 6.45. The number of ether oxygens (including phenoxy) is 2. The van der Waals surface area contributed by atoms with Crippen LogP contribution in [0.2, 0.25) is 0 Å². The van der Waals surface area contributed by atoms with Crippen molar-refractivity contribution in [3.05, 3.63) is 17.5 Å². The van der Waals surface area contributed by atoms with E-state index in [1.165, 1.54) is 0 Å². The summed E-state index contributed by atoms with van der Waals surface area (Å²) in [5.41, 5.74) is 2.03. The molecule has 0 unspecified atom stereocenters. The van der Waals surface area contributed by atoms with E-state index in [9.17, 15) is 0 Å². The molecule has 0 saturated carbocycles. The van der Waals surface area contributed by atoms with E-state index in [0.29, 0.717) is 19.2 Å². The summed E-state index contributed by atoms with van der Waals surface area (Å²) in [5.74, 6) is 0. The average Bonchev–Trinajstić information content (AvgIpc) is 2.37. The number of rotatable bonds is 9. The van der Waals surface area contributed by atoms with E-state index in [-0.39, 0.29) is 0 Å². The minimum Gasteiger partial charge on any atom is -0.461 e. The summed E-state index contributed by atoms with van der Waals surface area (Å²) in [4.78, 5) is 8.46. The van der Waals surface area contributed by atoms with E-state index in [1.54, 1.807) is 6.20 Å². The maximum atomic E-state index is 5.43. The standard InChI is InChI=1S/C13H23N3O2/c1-4-5-6-17-7-8-18-13-15-10-12(9-14-3)11(2)16-13/h10,14H,4-9H2,1-3H3. The molecule has 0 spiro atoms. The second-order valence-electron chi connectivity index (χ2n) is 4.11. The summed E-state index contributed by atoms with van der Waals surface area (Å²) in [5, 5.41) is 3.08. The third-order valence-electron chi connectivity index (χ3n) is 2.53. The van der Waals surface area contributed by atoms with Crippen molar-refractivity contribution in [2.45, 2.75) is 33.2 Å². The van der Waals surface area contributed by atoms with Crippen molar-refractivity contribution in [1.82, 2.24) is 15.3 Å². The van der Waals surface area contributed by atoms with Crippen LogP contribution in [0.25, 0.3) is 0 Å². The van der Waals surface area contributed by atoms with Crippen molar-refractivity contribution in [1.29, 1.82) is 0 Å². The molecule has 1 aromatic heterocycles. The van der Waals surface area contributed by atoms with Gasteiger partial charge in [0.15, 0.2) is 0 Å². The molecule has 0 bridgehead atoms. The minimum absolute atomic E-state index is 0.423. The van der Waals surface area contributed by atoms with Gasteiger partial charge in [-0.1, -0.05) is 13.3 Å². The number of nitrogens with zero attached hydrogens (tertiary/aromatic N) is 2. The molecule has 1 aromatic rings. The first-order valence-electron chi connectivity index (χ1n) is 6.45. The first-order chi connectivity index (χ1) is 8.77. The van der Waals surface area contributed by atoms with Crippen molar-refractivity contribution < 1.29 is 9.47 Å². The van der Waals surface area contributed by atoms with Gasteiger partial charge in [0.2, 0.25) is 0 Å². The minimum atomic E-state index is 0.423. The topological polar surface area (TPSA) is 56.3 Å². The van der Waals surface area contributed by atoms with Crippen molar-refractivity contribution in [2.75, 3.05) is 26.9 Å². The molecule has 102 valence electrons. The molecule has 0 aliphatic heterocycles. The summed E-state index contributed by atoms with van der Waals surface area (Å²) < 4.78 is 10.8. The zero-order valence-corrected chi connectivity index (χ0v) is 11.5. The molecule has 1 heterocycles. The van der Waals surface area contributed by atoms with E-state index in [1.807, 2.05) is 14.0 Å². The lowest BCUT2D eigenvalue weighted by molar-refractivity contribution is 0.0947. The van der Waals surface area contributed by atoms with Crippen LogP contribution < -0.4 is 10.1 Å². The van der Waals surface area contributed by atoms with Crippen LogP contribution in [-0.2, 0) is 11.3 Å². The molecule has 0 aromatic carbocycles. The first kappa shape index (κ1) is 14.9. The lowest BCUT2D eigenvalue weighted by atomic mass is 10.2. The van der Waals surface area contributed by atoms with Crippen molar-refractivity contribution in [3.8, 4) is 6.01 Å². The molecule has 0 aliphatic rings. The molecule has 5 heteroatoms. The van der Waals surface area contributed by atoms with Crippen molar-refractivity contribution >= 4 is 0 Å². The van der Waals surface area contributed by atoms with Crippen LogP contribution in [0.1, 0.15) is 31.0 Å². The Labute approximate surface area is 109 Å². The average molecular weight is 253 g/mol. The van der Waals surface area contributed by atoms with E-state index >= 15 is 0 Å². The highest BCUT2D eigenvalue weighted by atomic mass is 16.5. The van der Waals surface area contributed by atoms with Gasteiger partial charge < -0.3 is 14.8 Å². The van der Waals surface area contributed by atoms with Gasteiger partial charge in [-0.3, -0.25) is 0 Å². The Morgan fingerprint density at radius 3 is 2.78 bits per heavy atom. The Bertz CT molecular complexity index is 345. The fraction of sp³-hybridized carbons (Fsp3) is 0.692. The van der Waals surface area contributed by atoms with Gasteiger partial charge in [0, 0.05) is 30.6 Å². The molecular formula is C13H23N3O2. The van der Waals surface area contributed by atoms with Crippen molar-refractivity contribution in [3.63, 3.8) is 0 Å². The maximum absolute atomic E-state index is 5.43. The van der Waals surface area contributed by atoms with E-state index in [0.717, 1.165) is 37.3 Å². The molecule has 18 heavy (non-hydrogen) atoms. The quantitative estimate of drug-likeness (QED) is 0.679. The lowest BCUT2D eigenvalue weighted by Crippen LogP contribution is -2.12. The third kappa shape index (κ3) is 5.42. The molecule has 1 rings (SSSR count). The van der Waals surface area contributed by atoms with Gasteiger partial charge in [-0.25, -0.2) is 9.97 Å². The molecule has 0 saturated heterocycles. The fourth-order valence-electron chi connectivity index (χ4n) is 1.44. The number of nitrogens with one attached hydrogen (secondary N) is 1. The van der Waals surface area contributed by atoms with Crippen LogP contribution in [0.5, 0.6) is 6.01 Å². The van der Waals surface area contributed by atoms with Gasteiger partial charge in [0.25, 0.3) is 0 Å². The highest BCUT2D eigenvalue weighted by molar-refractivity contribution is 5.17. The molecule has 0 fully saturated rings. The second-order valence-corrected chi connectivity index (χ2v) is 4.11. The van der Waals surface area contributed by atoms with Gasteiger partial charge in [0.05, 0.1) is 6.61 Å². The number of unbranched alkanes of at least 4 members (excludes halogenated alkanes) is 1. The van der Waals surface area contributed by atoms with Crippen molar-refractivity contribution in [2.24, 2.45) is 0 Å². The van der Waals surface area contributed by atoms with Crippen LogP contribution in [-0.4, -0.2) is 36.8 Å². The van der Waals surface area contributed by atoms with Crippen LogP contribution in [0, 0.1) is 6.92 Å². The van der Waals surface area contributed by atoms with E-state index in [2.05, 4.69) is 22.2 Å². The Balaban J connectivity index is 2.28. The van der Waals surface area contributed by atoms with Crippen LogP contribution >= 0.6 is 0 Å². The van der Waals surface area contributed by atoms with Crippen LogP contribution in [0.4, 0.5) is 0 Å². The predicted molar refractivity (Wildman–Crippen MR) is 70.8 cm³/mol. The number of aromatic nitrogens is 2. The normalized spacial score (nSPS) is 10.6. The largest absolute Gasteiger partial charge is 0.461 e. The Kier molecular flexibility index (Phi) is 7.29. The van der Waals surface area contributed by atoms with E-state index < -0.39 is 0 Å². The molecule has 0 amide bonds. The number of hydrogen-bond acceptors (Lipinski definition) is 5. The highest BCUT2D eigenvalue weighted by Gasteiger charge is 2.03. The second kappa shape index (κ2) is 8.83. The van der Waals surface area contributed by atoms with Gasteiger partial charge >= 0.3 is 6.01 Å². The summed E-state index contributed by atoms with van der Waals surface area (Å²) >= 11 is 0. The molecular weight excluding hydrogens is 230 g/mol. The Hall–Kier alpha value is -1.20. The third-order valence-corrected chi connectivity index (χ3v) is 2.53. The smallest absolute Gasteiger partial charge is 0.316 e. The molecule has 5 nitrogen and oxygen atoms in total. The van der Waals surface area contributed by atoms with Gasteiger partial charge in [-0.05, 0) is 20.4 Å². The fourth-order valence-corrected chi connectivity index (χ4v) is 1.44. The van der Waals surface area contributed by atoms with Crippen LogP contribution in [0.15, 0.2) is 6.20 Å². The number of hydrogen-bond donors (Lipinski definition) is 1. The summed E-state index contributed by atoms with van der Waals surface area (Å²) in [6.45, 7) is 6.74.